The first-order chi connectivity index (χ1) is 14.0. The number of hydrogen-bond donors (Lipinski definition) is 1. The fourth-order valence-corrected chi connectivity index (χ4v) is 4.97. The monoisotopic (exact) mass is 402 g/mol. The van der Waals surface area contributed by atoms with Gasteiger partial charge in [0, 0.05) is 32.4 Å². The molecule has 0 unspecified atom stereocenters. The number of ether oxygens (including phenoxy) is 2. The number of benzene rings is 1. The normalized spacial score (nSPS) is 25.2. The average Bonchev–Trinajstić information content (AvgIpc) is 2.95. The lowest BCUT2D eigenvalue weighted by Crippen LogP contribution is -2.44. The standard InChI is InChI=1S/C24H38N2O3/c1-19-16-20(2)18-26(17-19)14-15-29-22-10-8-21(9-11-22)25-23(27)24(28-3)12-6-4-5-7-13-24/h8-11,19-20H,4-7,12-18H2,1-3H3,(H,25,27)/t19-,20-/m1/s1. The second-order valence-corrected chi connectivity index (χ2v) is 9.15. The first kappa shape index (κ1) is 22.1. The molecule has 1 amide bonds. The van der Waals surface area contributed by atoms with Gasteiger partial charge in [-0.25, -0.2) is 0 Å². The van der Waals surface area contributed by atoms with Gasteiger partial charge >= 0.3 is 0 Å². The first-order valence-corrected chi connectivity index (χ1v) is 11.3. The van der Waals surface area contributed by atoms with E-state index in [-0.39, 0.29) is 5.91 Å². The van der Waals surface area contributed by atoms with Gasteiger partial charge in [-0.3, -0.25) is 9.69 Å². The molecular weight excluding hydrogens is 364 g/mol. The van der Waals surface area contributed by atoms with E-state index in [4.69, 9.17) is 9.47 Å². The van der Waals surface area contributed by atoms with Crippen molar-refractivity contribution < 1.29 is 14.3 Å². The summed E-state index contributed by atoms with van der Waals surface area (Å²) in [7, 11) is 1.66. The van der Waals surface area contributed by atoms with Crippen molar-refractivity contribution >= 4 is 11.6 Å². The van der Waals surface area contributed by atoms with Crippen molar-refractivity contribution in [3.8, 4) is 5.75 Å². The third-order valence-corrected chi connectivity index (χ3v) is 6.45. The molecule has 1 heterocycles. The van der Waals surface area contributed by atoms with Gasteiger partial charge in [0.15, 0.2) is 0 Å². The van der Waals surface area contributed by atoms with E-state index in [1.807, 2.05) is 24.3 Å². The lowest BCUT2D eigenvalue weighted by Gasteiger charge is -2.34. The fraction of sp³-hybridized carbons (Fsp3) is 0.708. The van der Waals surface area contributed by atoms with E-state index in [9.17, 15) is 4.79 Å². The molecule has 29 heavy (non-hydrogen) atoms. The molecule has 0 aromatic heterocycles. The molecule has 2 atom stereocenters. The molecule has 1 aromatic rings. The van der Waals surface area contributed by atoms with Crippen LogP contribution in [-0.4, -0.2) is 49.8 Å². The van der Waals surface area contributed by atoms with Gasteiger partial charge in [0.05, 0.1) is 0 Å². The number of hydrogen-bond acceptors (Lipinski definition) is 4. The molecule has 162 valence electrons. The smallest absolute Gasteiger partial charge is 0.256 e. The summed E-state index contributed by atoms with van der Waals surface area (Å²) in [6, 6.07) is 7.70. The van der Waals surface area contributed by atoms with Crippen LogP contribution in [0.1, 0.15) is 58.8 Å². The summed E-state index contributed by atoms with van der Waals surface area (Å²) >= 11 is 0. The van der Waals surface area contributed by atoms with Crippen molar-refractivity contribution in [2.45, 2.75) is 64.4 Å². The number of nitrogens with zero attached hydrogens (tertiary/aromatic N) is 1. The minimum atomic E-state index is -0.686. The molecule has 5 heteroatoms. The van der Waals surface area contributed by atoms with E-state index < -0.39 is 5.60 Å². The van der Waals surface area contributed by atoms with Crippen LogP contribution in [0.2, 0.25) is 0 Å². The highest BCUT2D eigenvalue weighted by Gasteiger charge is 2.38. The Balaban J connectivity index is 1.47. The Morgan fingerprint density at radius 1 is 1.07 bits per heavy atom. The second kappa shape index (κ2) is 10.4. The summed E-state index contributed by atoms with van der Waals surface area (Å²) in [6.07, 6.45) is 7.37. The van der Waals surface area contributed by atoms with Crippen LogP contribution >= 0.6 is 0 Å². The topological polar surface area (TPSA) is 50.8 Å². The van der Waals surface area contributed by atoms with E-state index in [0.29, 0.717) is 6.61 Å². The molecule has 1 N–H and O–H groups in total. The summed E-state index contributed by atoms with van der Waals surface area (Å²) in [6.45, 7) is 8.65. The van der Waals surface area contributed by atoms with Gasteiger partial charge in [0.2, 0.25) is 0 Å². The summed E-state index contributed by atoms with van der Waals surface area (Å²) in [5.74, 6) is 2.36. The molecule has 1 aliphatic carbocycles. The van der Waals surface area contributed by atoms with Crippen LogP contribution in [0.15, 0.2) is 24.3 Å². The van der Waals surface area contributed by atoms with E-state index >= 15 is 0 Å². The van der Waals surface area contributed by atoms with Crippen LogP contribution in [0.5, 0.6) is 5.75 Å². The fourth-order valence-electron chi connectivity index (χ4n) is 4.97. The zero-order chi connectivity index (χ0) is 20.7. The van der Waals surface area contributed by atoms with Gasteiger partial charge in [0.1, 0.15) is 18.0 Å². The van der Waals surface area contributed by atoms with Gasteiger partial charge in [-0.2, -0.15) is 0 Å². The molecule has 0 bridgehead atoms. The van der Waals surface area contributed by atoms with Crippen LogP contribution in [-0.2, 0) is 9.53 Å². The van der Waals surface area contributed by atoms with Gasteiger partial charge in [-0.1, -0.05) is 39.5 Å². The van der Waals surface area contributed by atoms with E-state index in [0.717, 1.165) is 55.5 Å². The number of amides is 1. The van der Waals surface area contributed by atoms with Crippen molar-refractivity contribution in [2.75, 3.05) is 38.7 Å². The third-order valence-electron chi connectivity index (χ3n) is 6.45. The highest BCUT2D eigenvalue weighted by Crippen LogP contribution is 2.31. The molecule has 1 aromatic carbocycles. The number of rotatable bonds is 7. The van der Waals surface area contributed by atoms with E-state index in [1.165, 1.54) is 32.4 Å². The molecule has 5 nitrogen and oxygen atoms in total. The zero-order valence-corrected chi connectivity index (χ0v) is 18.4. The Labute approximate surface area is 176 Å². The summed E-state index contributed by atoms with van der Waals surface area (Å²) < 4.78 is 11.6. The molecule has 2 aliphatic rings. The van der Waals surface area contributed by atoms with Gasteiger partial charge in [0.25, 0.3) is 5.91 Å². The molecule has 1 saturated carbocycles. The Morgan fingerprint density at radius 2 is 1.69 bits per heavy atom. The van der Waals surface area contributed by atoms with Crippen LogP contribution in [0.25, 0.3) is 0 Å². The van der Waals surface area contributed by atoms with Crippen molar-refractivity contribution in [2.24, 2.45) is 11.8 Å². The summed E-state index contributed by atoms with van der Waals surface area (Å²) in [4.78, 5) is 15.4. The lowest BCUT2D eigenvalue weighted by molar-refractivity contribution is -0.139. The number of carbonyl (C=O) groups is 1. The van der Waals surface area contributed by atoms with Gasteiger partial charge in [-0.15, -0.1) is 0 Å². The highest BCUT2D eigenvalue weighted by molar-refractivity contribution is 5.97. The maximum atomic E-state index is 12.9. The van der Waals surface area contributed by atoms with Crippen LogP contribution in [0, 0.1) is 11.8 Å². The van der Waals surface area contributed by atoms with Crippen LogP contribution < -0.4 is 10.1 Å². The van der Waals surface area contributed by atoms with E-state index in [1.54, 1.807) is 7.11 Å². The molecule has 3 rings (SSSR count). The maximum absolute atomic E-state index is 12.9. The first-order valence-electron chi connectivity index (χ1n) is 11.3. The number of piperidine rings is 1. The zero-order valence-electron chi connectivity index (χ0n) is 18.4. The predicted molar refractivity (Wildman–Crippen MR) is 117 cm³/mol. The largest absolute Gasteiger partial charge is 0.492 e. The Morgan fingerprint density at radius 3 is 2.28 bits per heavy atom. The van der Waals surface area contributed by atoms with Crippen molar-refractivity contribution in [1.82, 2.24) is 4.90 Å². The average molecular weight is 403 g/mol. The van der Waals surface area contributed by atoms with Gasteiger partial charge < -0.3 is 14.8 Å². The van der Waals surface area contributed by atoms with Crippen molar-refractivity contribution in [1.29, 1.82) is 0 Å². The highest BCUT2D eigenvalue weighted by atomic mass is 16.5. The molecule has 1 aliphatic heterocycles. The van der Waals surface area contributed by atoms with Crippen LogP contribution in [0.4, 0.5) is 5.69 Å². The summed E-state index contributed by atoms with van der Waals surface area (Å²) in [5, 5.41) is 3.05. The third kappa shape index (κ3) is 6.19. The number of anilines is 1. The molecule has 0 radical (unpaired) electrons. The maximum Gasteiger partial charge on any atom is 0.256 e. The van der Waals surface area contributed by atoms with Crippen molar-refractivity contribution in [3.63, 3.8) is 0 Å². The number of carbonyl (C=O) groups excluding carboxylic acids is 1. The number of methoxy groups -OCH3 is 1. The molecular formula is C24H38N2O3. The Hall–Kier alpha value is -1.59. The second-order valence-electron chi connectivity index (χ2n) is 9.15. The minimum absolute atomic E-state index is 0.0242. The van der Waals surface area contributed by atoms with Crippen molar-refractivity contribution in [3.05, 3.63) is 24.3 Å². The number of nitrogens with one attached hydrogen (secondary N) is 1. The number of likely N-dealkylation sites (tertiary alicyclic amines) is 1. The molecule has 0 spiro atoms. The Kier molecular flexibility index (Phi) is 7.96. The Bertz CT molecular complexity index is 628. The SMILES string of the molecule is COC1(C(=O)Nc2ccc(OCCN3C[C@H](C)C[C@@H](C)C3)cc2)CCCCCC1. The molecule has 2 fully saturated rings. The quantitative estimate of drug-likeness (QED) is 0.671. The van der Waals surface area contributed by atoms with Crippen LogP contribution in [0.3, 0.4) is 0 Å². The molecule has 1 saturated heterocycles. The minimum Gasteiger partial charge on any atom is -0.492 e. The predicted octanol–water partition coefficient (Wildman–Crippen LogP) is 4.72. The lowest BCUT2D eigenvalue weighted by atomic mass is 9.92. The van der Waals surface area contributed by atoms with Gasteiger partial charge in [-0.05, 0) is 55.4 Å². The summed E-state index contributed by atoms with van der Waals surface area (Å²) in [5.41, 5.74) is 0.107. The van der Waals surface area contributed by atoms with E-state index in [2.05, 4.69) is 24.1 Å².